The lowest BCUT2D eigenvalue weighted by Crippen LogP contribution is -1.77. The molecule has 3 heteroatoms. The van der Waals surface area contributed by atoms with Crippen molar-refractivity contribution >= 4 is 17.1 Å². The zero-order valence-electron chi connectivity index (χ0n) is 6.36. The van der Waals surface area contributed by atoms with E-state index in [0.717, 1.165) is 16.6 Å². The van der Waals surface area contributed by atoms with E-state index >= 15 is 0 Å². The Hall–Kier alpha value is -1.77. The van der Waals surface area contributed by atoms with Crippen molar-refractivity contribution in [3.63, 3.8) is 0 Å². The van der Waals surface area contributed by atoms with E-state index in [1.807, 2.05) is 30.3 Å². The Kier molecular flexibility index (Phi) is 1.55. The molecule has 0 saturated heterocycles. The summed E-state index contributed by atoms with van der Waals surface area (Å²) in [7, 11) is 0. The molecule has 60 valence electrons. The maximum absolute atomic E-state index is 8.29. The molecule has 0 atom stereocenters. The molecule has 0 aliphatic rings. The van der Waals surface area contributed by atoms with E-state index in [0.29, 0.717) is 0 Å². The molecule has 0 radical (unpaired) electrons. The third kappa shape index (κ3) is 1.05. The van der Waals surface area contributed by atoms with E-state index < -0.39 is 0 Å². The number of aromatic nitrogens is 1. The highest BCUT2D eigenvalue weighted by Crippen LogP contribution is 2.12. The molecular weight excluding hydrogens is 152 g/mol. The number of H-pyrrole nitrogens is 1. The van der Waals surface area contributed by atoms with Crippen molar-refractivity contribution in [3.8, 4) is 0 Å². The van der Waals surface area contributed by atoms with Gasteiger partial charge in [0.1, 0.15) is 0 Å². The summed E-state index contributed by atoms with van der Waals surface area (Å²) < 4.78 is 0. The van der Waals surface area contributed by atoms with Gasteiger partial charge in [-0.15, -0.1) is 0 Å². The van der Waals surface area contributed by atoms with Crippen molar-refractivity contribution < 1.29 is 5.21 Å². The lowest BCUT2D eigenvalue weighted by atomic mass is 10.2. The van der Waals surface area contributed by atoms with Gasteiger partial charge in [-0.2, -0.15) is 0 Å². The molecule has 1 aromatic carbocycles. The average Bonchev–Trinajstić information content (AvgIpc) is 2.47. The zero-order valence-corrected chi connectivity index (χ0v) is 6.36. The molecule has 1 aromatic heterocycles. The highest BCUT2D eigenvalue weighted by Gasteiger charge is 1.95. The molecule has 2 rings (SSSR count). The first-order chi connectivity index (χ1) is 5.90. The van der Waals surface area contributed by atoms with Crippen molar-refractivity contribution in [1.82, 2.24) is 4.98 Å². The maximum atomic E-state index is 8.29. The number of hydrogen-bond donors (Lipinski definition) is 2. The molecule has 0 bridgehead atoms. The highest BCUT2D eigenvalue weighted by molar-refractivity contribution is 5.89. The average molecular weight is 160 g/mol. The summed E-state index contributed by atoms with van der Waals surface area (Å²) in [6, 6.07) is 9.83. The first kappa shape index (κ1) is 6.91. The Labute approximate surface area is 69.3 Å². The fraction of sp³-hybridized carbons (Fsp3) is 0. The van der Waals surface area contributed by atoms with Gasteiger partial charge in [0.05, 0.1) is 11.9 Å². The molecule has 2 N–H and O–H groups in total. The van der Waals surface area contributed by atoms with Crippen LogP contribution in [0.25, 0.3) is 10.9 Å². The van der Waals surface area contributed by atoms with Crippen LogP contribution in [0.1, 0.15) is 5.69 Å². The standard InChI is InChI=1S/C9H8N2O/c12-10-6-8-5-7-3-1-2-4-9(7)11-8/h1-6,11-12H/b10-6-. The van der Waals surface area contributed by atoms with E-state index in [2.05, 4.69) is 10.1 Å². The van der Waals surface area contributed by atoms with Crippen LogP contribution in [0.15, 0.2) is 35.5 Å². The van der Waals surface area contributed by atoms with Crippen LogP contribution in [0, 0.1) is 0 Å². The van der Waals surface area contributed by atoms with Crippen molar-refractivity contribution in [2.75, 3.05) is 0 Å². The second-order valence-corrected chi connectivity index (χ2v) is 2.56. The van der Waals surface area contributed by atoms with Crippen LogP contribution in [0.5, 0.6) is 0 Å². The van der Waals surface area contributed by atoms with Crippen LogP contribution in [0.2, 0.25) is 0 Å². The number of benzene rings is 1. The largest absolute Gasteiger partial charge is 0.411 e. The van der Waals surface area contributed by atoms with E-state index in [9.17, 15) is 0 Å². The first-order valence-electron chi connectivity index (χ1n) is 3.65. The Morgan fingerprint density at radius 2 is 2.17 bits per heavy atom. The third-order valence-electron chi connectivity index (χ3n) is 1.75. The van der Waals surface area contributed by atoms with E-state index in [-0.39, 0.29) is 0 Å². The van der Waals surface area contributed by atoms with Crippen LogP contribution in [0.3, 0.4) is 0 Å². The van der Waals surface area contributed by atoms with Gasteiger partial charge in [0.25, 0.3) is 0 Å². The molecule has 0 amide bonds. The lowest BCUT2D eigenvalue weighted by Gasteiger charge is -1.83. The van der Waals surface area contributed by atoms with Gasteiger partial charge in [-0.1, -0.05) is 23.4 Å². The summed E-state index contributed by atoms with van der Waals surface area (Å²) in [5.41, 5.74) is 1.85. The number of nitrogens with one attached hydrogen (secondary N) is 1. The minimum Gasteiger partial charge on any atom is -0.411 e. The molecule has 0 fully saturated rings. The van der Waals surface area contributed by atoms with Gasteiger partial charge < -0.3 is 10.2 Å². The van der Waals surface area contributed by atoms with Gasteiger partial charge in [-0.05, 0) is 12.1 Å². The minimum atomic E-state index is 0.804. The van der Waals surface area contributed by atoms with Crippen molar-refractivity contribution in [1.29, 1.82) is 0 Å². The fourth-order valence-electron chi connectivity index (χ4n) is 1.23. The summed E-state index contributed by atoms with van der Waals surface area (Å²) in [6.07, 6.45) is 1.38. The molecule has 0 aliphatic carbocycles. The lowest BCUT2D eigenvalue weighted by molar-refractivity contribution is 0.321. The number of oxime groups is 1. The van der Waals surface area contributed by atoms with E-state index in [1.54, 1.807) is 0 Å². The summed E-state index contributed by atoms with van der Waals surface area (Å²) in [4.78, 5) is 3.09. The van der Waals surface area contributed by atoms with Gasteiger partial charge in [0.2, 0.25) is 0 Å². The van der Waals surface area contributed by atoms with Gasteiger partial charge in [0.15, 0.2) is 0 Å². The molecule has 0 saturated carbocycles. The molecule has 12 heavy (non-hydrogen) atoms. The molecule has 2 aromatic rings. The van der Waals surface area contributed by atoms with Crippen molar-refractivity contribution in [2.24, 2.45) is 5.16 Å². The normalized spacial score (nSPS) is 11.3. The Morgan fingerprint density at radius 3 is 2.92 bits per heavy atom. The van der Waals surface area contributed by atoms with Crippen molar-refractivity contribution in [2.45, 2.75) is 0 Å². The van der Waals surface area contributed by atoms with Crippen LogP contribution in [-0.4, -0.2) is 16.4 Å². The first-order valence-corrected chi connectivity index (χ1v) is 3.65. The predicted molar refractivity (Wildman–Crippen MR) is 47.7 cm³/mol. The van der Waals surface area contributed by atoms with Crippen LogP contribution >= 0.6 is 0 Å². The second-order valence-electron chi connectivity index (χ2n) is 2.56. The summed E-state index contributed by atoms with van der Waals surface area (Å²) in [6.45, 7) is 0. The summed E-state index contributed by atoms with van der Waals surface area (Å²) in [5.74, 6) is 0. The smallest absolute Gasteiger partial charge is 0.0896 e. The van der Waals surface area contributed by atoms with Gasteiger partial charge in [-0.3, -0.25) is 0 Å². The fourth-order valence-corrected chi connectivity index (χ4v) is 1.23. The van der Waals surface area contributed by atoms with Crippen LogP contribution in [-0.2, 0) is 0 Å². The minimum absolute atomic E-state index is 0.804. The number of aromatic amines is 1. The highest BCUT2D eigenvalue weighted by atomic mass is 16.4. The van der Waals surface area contributed by atoms with Gasteiger partial charge >= 0.3 is 0 Å². The molecule has 0 aliphatic heterocycles. The quantitative estimate of drug-likeness (QED) is 0.374. The number of hydrogen-bond acceptors (Lipinski definition) is 2. The molecule has 0 unspecified atom stereocenters. The van der Waals surface area contributed by atoms with Crippen LogP contribution < -0.4 is 0 Å². The Bertz CT molecular complexity index is 384. The molecular formula is C9H8N2O. The predicted octanol–water partition coefficient (Wildman–Crippen LogP) is 1.98. The topological polar surface area (TPSA) is 48.4 Å². The van der Waals surface area contributed by atoms with E-state index in [1.165, 1.54) is 6.21 Å². The zero-order chi connectivity index (χ0) is 8.39. The number of rotatable bonds is 1. The van der Waals surface area contributed by atoms with Gasteiger partial charge in [-0.25, -0.2) is 0 Å². The maximum Gasteiger partial charge on any atom is 0.0896 e. The molecule has 0 spiro atoms. The number of para-hydroxylation sites is 1. The van der Waals surface area contributed by atoms with E-state index in [4.69, 9.17) is 5.21 Å². The summed E-state index contributed by atoms with van der Waals surface area (Å²) >= 11 is 0. The number of fused-ring (bicyclic) bond motifs is 1. The van der Waals surface area contributed by atoms with Crippen LogP contribution in [0.4, 0.5) is 0 Å². The molecule has 3 nitrogen and oxygen atoms in total. The van der Waals surface area contributed by atoms with Gasteiger partial charge in [0, 0.05) is 10.9 Å². The number of nitrogens with zero attached hydrogens (tertiary/aromatic N) is 1. The monoisotopic (exact) mass is 160 g/mol. The Balaban J connectivity index is 2.62. The second kappa shape index (κ2) is 2.70. The summed E-state index contributed by atoms with van der Waals surface area (Å²) in [5, 5.41) is 12.4. The SMILES string of the molecule is O/N=C\c1cc2ccccc2[nH]1. The third-order valence-corrected chi connectivity index (χ3v) is 1.75. The molecule has 1 heterocycles. The Morgan fingerprint density at radius 1 is 1.33 bits per heavy atom. The van der Waals surface area contributed by atoms with Crippen molar-refractivity contribution in [3.05, 3.63) is 36.0 Å².